The Labute approximate surface area is 369 Å². The zero-order valence-electron chi connectivity index (χ0n) is 39.5. The summed E-state index contributed by atoms with van der Waals surface area (Å²) in [6.45, 7) is 31.3. The van der Waals surface area contributed by atoms with Crippen LogP contribution < -0.4 is 5.32 Å². The molecule has 61 heavy (non-hydrogen) atoms. The summed E-state index contributed by atoms with van der Waals surface area (Å²) >= 11 is 0. The summed E-state index contributed by atoms with van der Waals surface area (Å²) in [6.07, 6.45) is 5.89. The molecular weight excluding hydrogens is 794 g/mol. The molecule has 0 heterocycles. The van der Waals surface area contributed by atoms with Crippen LogP contribution in [0.5, 0.6) is 0 Å². The summed E-state index contributed by atoms with van der Waals surface area (Å²) in [5.41, 5.74) is 0. The third-order valence-corrected chi connectivity index (χ3v) is 8.92. The molecule has 0 rings (SSSR count). The lowest BCUT2D eigenvalue weighted by Crippen LogP contribution is -2.30. The molecule has 0 aromatic carbocycles. The minimum Gasteiger partial charge on any atom is -0.377 e. The highest BCUT2D eigenvalue weighted by Gasteiger charge is 2.15. The second kappa shape index (κ2) is 45.2. The van der Waals surface area contributed by atoms with Crippen LogP contribution in [0.15, 0.2) is 12.7 Å². The SMILES string of the molecule is C=CC(=O)NCCOCCOCCOCCOCCOCCOCCOCCOCC(C)OCC(C)OCC(C)OCC(C)OCC(C)OCC(C)OCC(CC)CCCC. The topological polar surface area (TPSA) is 158 Å². The van der Waals surface area contributed by atoms with E-state index in [0.717, 1.165) is 13.0 Å². The fourth-order valence-corrected chi connectivity index (χ4v) is 5.09. The average Bonchev–Trinajstić information content (AvgIpc) is 3.26. The van der Waals surface area contributed by atoms with Gasteiger partial charge in [0.15, 0.2) is 0 Å². The van der Waals surface area contributed by atoms with E-state index < -0.39 is 0 Å². The van der Waals surface area contributed by atoms with Crippen molar-refractivity contribution < 1.29 is 71.1 Å². The molecule has 0 aliphatic heterocycles. The van der Waals surface area contributed by atoms with Crippen molar-refractivity contribution in [3.63, 3.8) is 0 Å². The van der Waals surface area contributed by atoms with Crippen LogP contribution in [0, 0.1) is 5.92 Å². The number of amides is 1. The average molecular weight is 884 g/mol. The van der Waals surface area contributed by atoms with Gasteiger partial charge in [0.05, 0.1) is 175 Å². The molecule has 1 N–H and O–H groups in total. The predicted molar refractivity (Wildman–Crippen MR) is 236 cm³/mol. The molecule has 16 heteroatoms. The van der Waals surface area contributed by atoms with E-state index in [9.17, 15) is 4.79 Å². The summed E-state index contributed by atoms with van der Waals surface area (Å²) in [5.74, 6) is 0.419. The Bertz CT molecular complexity index is 939. The molecule has 0 aliphatic carbocycles. The second-order valence-electron chi connectivity index (χ2n) is 15.1. The summed E-state index contributed by atoms with van der Waals surface area (Å²) in [7, 11) is 0. The molecule has 0 saturated carbocycles. The van der Waals surface area contributed by atoms with Crippen molar-refractivity contribution in [3.8, 4) is 0 Å². The highest BCUT2D eigenvalue weighted by Crippen LogP contribution is 2.14. The summed E-state index contributed by atoms with van der Waals surface area (Å²) in [4.78, 5) is 11.0. The van der Waals surface area contributed by atoms with E-state index in [-0.39, 0.29) is 42.5 Å². The summed E-state index contributed by atoms with van der Waals surface area (Å²) in [5, 5.41) is 2.63. The second-order valence-corrected chi connectivity index (χ2v) is 15.1. The first kappa shape index (κ1) is 59.6. The van der Waals surface area contributed by atoms with Gasteiger partial charge in [-0.25, -0.2) is 0 Å². The van der Waals surface area contributed by atoms with Crippen molar-refractivity contribution in [2.75, 3.05) is 152 Å². The minimum atomic E-state index is -0.211. The Morgan fingerprint density at radius 3 is 1.05 bits per heavy atom. The van der Waals surface area contributed by atoms with E-state index in [4.69, 9.17) is 66.3 Å². The first-order chi connectivity index (χ1) is 29.6. The normalized spacial score (nSPS) is 15.3. The summed E-state index contributed by atoms with van der Waals surface area (Å²) in [6, 6.07) is 0. The van der Waals surface area contributed by atoms with Gasteiger partial charge in [0.25, 0.3) is 0 Å². The molecule has 7 atom stereocenters. The largest absolute Gasteiger partial charge is 0.377 e. The lowest BCUT2D eigenvalue weighted by molar-refractivity contribution is -0.116. The molecule has 16 nitrogen and oxygen atoms in total. The fourth-order valence-electron chi connectivity index (χ4n) is 5.09. The Balaban J connectivity index is 3.52. The van der Waals surface area contributed by atoms with Crippen molar-refractivity contribution in [2.45, 2.75) is 118 Å². The number of rotatable bonds is 49. The maximum absolute atomic E-state index is 11.0. The van der Waals surface area contributed by atoms with Crippen LogP contribution in [-0.4, -0.2) is 194 Å². The van der Waals surface area contributed by atoms with Crippen LogP contribution in [0.2, 0.25) is 0 Å². The molecule has 7 unspecified atom stereocenters. The van der Waals surface area contributed by atoms with Gasteiger partial charge in [-0.2, -0.15) is 0 Å². The Hall–Kier alpha value is -1.35. The standard InChI is InChI=1S/C45H89NO15/c1-10-13-14-44(11-2)37-61-43(9)36-60-42(8)35-59-41(7)34-58-40(6)33-57-39(5)32-56-38(4)31-55-30-29-54-28-27-53-26-25-52-24-23-51-22-21-50-20-19-49-18-17-48-16-15-46-45(47)12-3/h12,38-44H,3,10-11,13-37H2,1-2,4-9H3,(H,46,47). The number of nitrogens with one attached hydrogen (secondary N) is 1. The zero-order valence-corrected chi connectivity index (χ0v) is 39.5. The van der Waals surface area contributed by atoms with Crippen LogP contribution in [0.3, 0.4) is 0 Å². The van der Waals surface area contributed by atoms with E-state index in [1.54, 1.807) is 0 Å². The van der Waals surface area contributed by atoms with Crippen LogP contribution in [0.25, 0.3) is 0 Å². The first-order valence-corrected chi connectivity index (χ1v) is 22.8. The quantitative estimate of drug-likeness (QED) is 0.0638. The van der Waals surface area contributed by atoms with Crippen molar-refractivity contribution in [3.05, 3.63) is 12.7 Å². The molecule has 1 amide bonds. The number of hydrogen-bond donors (Lipinski definition) is 1. The number of hydrogen-bond acceptors (Lipinski definition) is 15. The molecule has 0 saturated heterocycles. The van der Waals surface area contributed by atoms with Crippen molar-refractivity contribution in [1.82, 2.24) is 5.32 Å². The third kappa shape index (κ3) is 43.7. The van der Waals surface area contributed by atoms with Crippen molar-refractivity contribution in [2.24, 2.45) is 5.92 Å². The Morgan fingerprint density at radius 2 is 0.738 bits per heavy atom. The van der Waals surface area contributed by atoms with E-state index in [1.807, 2.05) is 34.6 Å². The zero-order chi connectivity index (χ0) is 45.0. The molecule has 0 bridgehead atoms. The Kier molecular flexibility index (Phi) is 44.2. The van der Waals surface area contributed by atoms with Gasteiger partial charge < -0.3 is 71.6 Å². The van der Waals surface area contributed by atoms with E-state index in [0.29, 0.717) is 151 Å². The summed E-state index contributed by atoms with van der Waals surface area (Å²) < 4.78 is 79.8. The van der Waals surface area contributed by atoms with Crippen LogP contribution in [0.1, 0.15) is 81.1 Å². The van der Waals surface area contributed by atoms with Crippen molar-refractivity contribution >= 4 is 5.91 Å². The lowest BCUT2D eigenvalue weighted by Gasteiger charge is -2.23. The first-order valence-electron chi connectivity index (χ1n) is 22.8. The van der Waals surface area contributed by atoms with Gasteiger partial charge in [-0.05, 0) is 60.0 Å². The number of unbranched alkanes of at least 4 members (excludes halogenated alkanes) is 1. The molecule has 0 fully saturated rings. The number of ether oxygens (including phenoxy) is 14. The molecule has 0 radical (unpaired) electrons. The maximum Gasteiger partial charge on any atom is 0.243 e. The van der Waals surface area contributed by atoms with Crippen molar-refractivity contribution in [1.29, 1.82) is 0 Å². The molecule has 0 spiro atoms. The molecule has 0 aliphatic rings. The number of carbonyl (C=O) groups excluding carboxylic acids is 1. The van der Waals surface area contributed by atoms with E-state index in [1.165, 1.54) is 25.3 Å². The maximum atomic E-state index is 11.0. The minimum absolute atomic E-state index is 0.0203. The highest BCUT2D eigenvalue weighted by molar-refractivity contribution is 5.86. The van der Waals surface area contributed by atoms with E-state index in [2.05, 4.69) is 32.7 Å². The third-order valence-electron chi connectivity index (χ3n) is 8.92. The molecule has 0 aromatic rings. The fraction of sp³-hybridized carbons (Fsp3) is 0.933. The smallest absolute Gasteiger partial charge is 0.243 e. The van der Waals surface area contributed by atoms with Gasteiger partial charge in [0, 0.05) is 13.2 Å². The van der Waals surface area contributed by atoms with Gasteiger partial charge >= 0.3 is 0 Å². The lowest BCUT2D eigenvalue weighted by atomic mass is 10.0. The van der Waals surface area contributed by atoms with Gasteiger partial charge in [0.1, 0.15) is 0 Å². The molecule has 364 valence electrons. The van der Waals surface area contributed by atoms with Crippen LogP contribution in [-0.2, 0) is 71.1 Å². The monoisotopic (exact) mass is 884 g/mol. The molecule has 0 aromatic heterocycles. The van der Waals surface area contributed by atoms with Crippen LogP contribution in [0.4, 0.5) is 0 Å². The number of carbonyl (C=O) groups is 1. The van der Waals surface area contributed by atoms with E-state index >= 15 is 0 Å². The van der Waals surface area contributed by atoms with Crippen LogP contribution >= 0.6 is 0 Å². The molecular formula is C45H89NO15. The van der Waals surface area contributed by atoms with Gasteiger partial charge in [0.2, 0.25) is 5.91 Å². The van der Waals surface area contributed by atoms with Gasteiger partial charge in [-0.3, -0.25) is 4.79 Å². The predicted octanol–water partition coefficient (Wildman–Crippen LogP) is 5.07. The Morgan fingerprint density at radius 1 is 0.443 bits per heavy atom. The van der Waals surface area contributed by atoms with Gasteiger partial charge in [-0.1, -0.05) is 39.7 Å². The highest BCUT2D eigenvalue weighted by atomic mass is 16.6. The van der Waals surface area contributed by atoms with Gasteiger partial charge in [-0.15, -0.1) is 0 Å².